The van der Waals surface area contributed by atoms with E-state index in [4.69, 9.17) is 14.7 Å². The third-order valence-corrected chi connectivity index (χ3v) is 6.19. The number of imidazole rings is 1. The highest BCUT2D eigenvalue weighted by Gasteiger charge is 2.32. The minimum atomic E-state index is -0.214. The molecule has 2 N–H and O–H groups in total. The molecule has 0 unspecified atom stereocenters. The maximum absolute atomic E-state index is 13.0. The molecule has 2 aliphatic heterocycles. The van der Waals surface area contributed by atoms with Gasteiger partial charge in [0.05, 0.1) is 35.4 Å². The van der Waals surface area contributed by atoms with Gasteiger partial charge in [0.2, 0.25) is 5.91 Å². The number of amides is 1. The van der Waals surface area contributed by atoms with Gasteiger partial charge in [-0.05, 0) is 31.5 Å². The van der Waals surface area contributed by atoms with Gasteiger partial charge in [-0.25, -0.2) is 9.97 Å². The van der Waals surface area contributed by atoms with E-state index in [0.29, 0.717) is 26.1 Å². The van der Waals surface area contributed by atoms with Crippen LogP contribution in [0.2, 0.25) is 0 Å². The van der Waals surface area contributed by atoms with Crippen molar-refractivity contribution in [3.05, 3.63) is 36.3 Å². The molecule has 5 rings (SSSR count). The number of likely N-dealkylation sites (N-methyl/N-ethyl adjacent to an activating group) is 1. The van der Waals surface area contributed by atoms with Crippen molar-refractivity contribution < 1.29 is 9.53 Å². The summed E-state index contributed by atoms with van der Waals surface area (Å²) in [6, 6.07) is 7.73. The van der Waals surface area contributed by atoms with Gasteiger partial charge >= 0.3 is 0 Å². The zero-order valence-corrected chi connectivity index (χ0v) is 18.0. The summed E-state index contributed by atoms with van der Waals surface area (Å²) in [5, 5.41) is 6.82. The molecule has 9 nitrogen and oxygen atoms in total. The van der Waals surface area contributed by atoms with Crippen LogP contribution in [0.3, 0.4) is 0 Å². The molecule has 0 radical (unpaired) electrons. The molecule has 31 heavy (non-hydrogen) atoms. The van der Waals surface area contributed by atoms with Gasteiger partial charge < -0.3 is 24.8 Å². The summed E-state index contributed by atoms with van der Waals surface area (Å²) < 4.78 is 7.90. The first kappa shape index (κ1) is 19.9. The van der Waals surface area contributed by atoms with E-state index in [1.165, 1.54) is 0 Å². The number of fused-ring (bicyclic) bond motifs is 5. The van der Waals surface area contributed by atoms with Crippen LogP contribution in [0, 0.1) is 6.92 Å². The summed E-state index contributed by atoms with van der Waals surface area (Å²) in [6.07, 6.45) is 2.30. The number of ether oxygens (including phenoxy) is 1. The highest BCUT2D eigenvalue weighted by molar-refractivity contribution is 5.89. The molecule has 1 fully saturated rings. The molecule has 1 saturated heterocycles. The molecule has 3 aromatic heterocycles. The number of hydrogen-bond donors (Lipinski definition) is 2. The predicted octanol–water partition coefficient (Wildman–Crippen LogP) is 1.43. The molecule has 1 amide bonds. The normalized spacial score (nSPS) is 24.0. The molecule has 0 spiro atoms. The molecule has 4 bridgehead atoms. The zero-order valence-electron chi connectivity index (χ0n) is 18.0. The third-order valence-electron chi connectivity index (χ3n) is 6.19. The molecule has 0 aliphatic carbocycles. The second kappa shape index (κ2) is 7.90. The number of carbonyl (C=O) groups is 1. The Kier molecular flexibility index (Phi) is 5.07. The minimum absolute atomic E-state index is 0.0810. The van der Waals surface area contributed by atoms with Crippen LogP contribution in [0.1, 0.15) is 12.2 Å². The van der Waals surface area contributed by atoms with Crippen molar-refractivity contribution in [2.45, 2.75) is 38.1 Å². The number of hydrogen-bond acceptors (Lipinski definition) is 7. The number of methoxy groups -OCH3 is 1. The van der Waals surface area contributed by atoms with E-state index in [0.717, 1.165) is 34.1 Å². The number of anilines is 1. The lowest BCUT2D eigenvalue weighted by atomic mass is 10.1. The Morgan fingerprint density at radius 2 is 2.06 bits per heavy atom. The fourth-order valence-corrected chi connectivity index (χ4v) is 4.57. The average Bonchev–Trinajstić information content (AvgIpc) is 3.36. The van der Waals surface area contributed by atoms with Crippen LogP contribution in [0.4, 0.5) is 5.82 Å². The fraction of sp³-hybridized carbons (Fsp3) is 0.455. The number of nitrogens with one attached hydrogen (secondary N) is 2. The first-order valence-electron chi connectivity index (χ1n) is 10.6. The monoisotopic (exact) mass is 421 g/mol. The van der Waals surface area contributed by atoms with Gasteiger partial charge in [-0.15, -0.1) is 0 Å². The standard InChI is InChI=1S/C22H27N7O2/c1-13-25-17-7-8-23-20-16-5-4-6-19(27-16)26-14-9-18(24-10-14)22(30)28(2)11-15(31-3)12-29(13)21(17)20/h4-8,14-15,18,24H,9-12H2,1-3H3,(H,26,27)/t14-,15-,18-/m0/s1. The number of nitrogens with zero attached hydrogens (tertiary/aromatic N) is 5. The lowest BCUT2D eigenvalue weighted by Crippen LogP contribution is -2.45. The molecule has 0 aromatic carbocycles. The zero-order chi connectivity index (χ0) is 21.5. The highest BCUT2D eigenvalue weighted by atomic mass is 16.5. The summed E-state index contributed by atoms with van der Waals surface area (Å²) in [5.41, 5.74) is 3.38. The number of carbonyl (C=O) groups excluding carboxylic acids is 1. The number of aromatic nitrogens is 4. The fourth-order valence-electron chi connectivity index (χ4n) is 4.57. The summed E-state index contributed by atoms with van der Waals surface area (Å²) in [6.45, 7) is 3.75. The van der Waals surface area contributed by atoms with Gasteiger partial charge in [0, 0.05) is 39.5 Å². The van der Waals surface area contributed by atoms with Crippen LogP contribution in [0.5, 0.6) is 0 Å². The lowest BCUT2D eigenvalue weighted by Gasteiger charge is -2.26. The third kappa shape index (κ3) is 3.64. The maximum Gasteiger partial charge on any atom is 0.239 e. The summed E-state index contributed by atoms with van der Waals surface area (Å²) in [5.74, 6) is 1.73. The second-order valence-electron chi connectivity index (χ2n) is 8.32. The van der Waals surface area contributed by atoms with Crippen LogP contribution >= 0.6 is 0 Å². The molecule has 0 saturated carbocycles. The van der Waals surface area contributed by atoms with Crippen molar-refractivity contribution in [2.75, 3.05) is 32.6 Å². The molecular weight excluding hydrogens is 394 g/mol. The van der Waals surface area contributed by atoms with E-state index in [9.17, 15) is 4.79 Å². The lowest BCUT2D eigenvalue weighted by molar-refractivity contribution is -0.133. The predicted molar refractivity (Wildman–Crippen MR) is 118 cm³/mol. The van der Waals surface area contributed by atoms with Crippen molar-refractivity contribution in [3.8, 4) is 11.4 Å². The van der Waals surface area contributed by atoms with Gasteiger partial charge in [-0.1, -0.05) is 6.07 Å². The van der Waals surface area contributed by atoms with Crippen LogP contribution in [-0.4, -0.2) is 75.8 Å². The van der Waals surface area contributed by atoms with Crippen molar-refractivity contribution in [3.63, 3.8) is 0 Å². The van der Waals surface area contributed by atoms with Crippen LogP contribution in [-0.2, 0) is 16.1 Å². The van der Waals surface area contributed by atoms with Crippen LogP contribution in [0.15, 0.2) is 30.5 Å². The molecule has 3 aromatic rings. The molecule has 162 valence electrons. The first-order valence-corrected chi connectivity index (χ1v) is 10.6. The first-order chi connectivity index (χ1) is 15.0. The van der Waals surface area contributed by atoms with E-state index >= 15 is 0 Å². The Bertz CT molecular complexity index is 1130. The molecule has 9 heteroatoms. The Morgan fingerprint density at radius 3 is 2.90 bits per heavy atom. The summed E-state index contributed by atoms with van der Waals surface area (Å²) in [7, 11) is 3.52. The molecule has 5 heterocycles. The maximum atomic E-state index is 13.0. The van der Waals surface area contributed by atoms with E-state index in [1.807, 2.05) is 38.2 Å². The number of pyridine rings is 2. The van der Waals surface area contributed by atoms with Crippen molar-refractivity contribution >= 4 is 22.8 Å². The van der Waals surface area contributed by atoms with Gasteiger partial charge in [0.1, 0.15) is 17.3 Å². The Labute approximate surface area is 180 Å². The molecule has 2 aliphatic rings. The van der Waals surface area contributed by atoms with Gasteiger partial charge in [-0.2, -0.15) is 0 Å². The summed E-state index contributed by atoms with van der Waals surface area (Å²) in [4.78, 5) is 29.0. The van der Waals surface area contributed by atoms with Crippen LogP contribution in [0.25, 0.3) is 22.4 Å². The molecule has 3 atom stereocenters. The second-order valence-corrected chi connectivity index (χ2v) is 8.32. The van der Waals surface area contributed by atoms with E-state index < -0.39 is 0 Å². The largest absolute Gasteiger partial charge is 0.378 e. The summed E-state index contributed by atoms with van der Waals surface area (Å²) >= 11 is 0. The van der Waals surface area contributed by atoms with Gasteiger partial charge in [0.25, 0.3) is 0 Å². The smallest absolute Gasteiger partial charge is 0.239 e. The Balaban J connectivity index is 1.66. The Morgan fingerprint density at radius 1 is 1.19 bits per heavy atom. The number of rotatable bonds is 1. The number of aryl methyl sites for hydroxylation is 1. The topological polar surface area (TPSA) is 97.2 Å². The van der Waals surface area contributed by atoms with E-state index in [2.05, 4.69) is 20.2 Å². The molecular formula is C22H27N7O2. The highest BCUT2D eigenvalue weighted by Crippen LogP contribution is 2.28. The van der Waals surface area contributed by atoms with Crippen molar-refractivity contribution in [1.82, 2.24) is 29.7 Å². The van der Waals surface area contributed by atoms with Gasteiger partial charge in [0.15, 0.2) is 0 Å². The van der Waals surface area contributed by atoms with E-state index in [1.54, 1.807) is 18.2 Å². The van der Waals surface area contributed by atoms with Crippen molar-refractivity contribution in [1.29, 1.82) is 0 Å². The SMILES string of the molecule is CO[C@H]1CN(C)C(=O)[C@@H]2C[C@@H](CN2)Nc2cccc(n2)-c2nccc3nc(C)n(c23)C1. The average molecular weight is 422 g/mol. The quantitative estimate of drug-likeness (QED) is 0.613. The Hall–Kier alpha value is -3.04. The van der Waals surface area contributed by atoms with Crippen molar-refractivity contribution in [2.24, 2.45) is 0 Å². The van der Waals surface area contributed by atoms with Gasteiger partial charge in [-0.3, -0.25) is 9.78 Å². The van der Waals surface area contributed by atoms with E-state index in [-0.39, 0.29) is 24.1 Å². The van der Waals surface area contributed by atoms with Crippen LogP contribution < -0.4 is 10.6 Å². The minimum Gasteiger partial charge on any atom is -0.378 e.